The van der Waals surface area contributed by atoms with Crippen molar-refractivity contribution in [1.82, 2.24) is 4.98 Å². The average Bonchev–Trinajstić information content (AvgIpc) is 2.89. The molecule has 1 unspecified atom stereocenters. The average molecular weight is 309 g/mol. The van der Waals surface area contributed by atoms with Gasteiger partial charge in [-0.25, -0.2) is 4.98 Å². The molecule has 0 fully saturated rings. The third-order valence-electron chi connectivity index (χ3n) is 4.26. The smallest absolute Gasteiger partial charge is 0.225 e. The number of benzene rings is 1. The second-order valence-corrected chi connectivity index (χ2v) is 6.11. The van der Waals surface area contributed by atoms with Crippen molar-refractivity contribution in [3.8, 4) is 0 Å². The zero-order chi connectivity index (χ0) is 16.2. The highest BCUT2D eigenvalue weighted by atomic mass is 16.1. The van der Waals surface area contributed by atoms with E-state index in [2.05, 4.69) is 53.3 Å². The molecule has 23 heavy (non-hydrogen) atoms. The minimum Gasteiger partial charge on any atom is -0.337 e. The first kappa shape index (κ1) is 15.5. The van der Waals surface area contributed by atoms with Crippen LogP contribution >= 0.6 is 0 Å². The molecule has 4 heteroatoms. The highest BCUT2D eigenvalue weighted by Gasteiger charge is 2.26. The molecule has 1 aliphatic heterocycles. The van der Waals surface area contributed by atoms with E-state index in [0.717, 1.165) is 24.9 Å². The van der Waals surface area contributed by atoms with Crippen molar-refractivity contribution in [1.29, 1.82) is 0 Å². The van der Waals surface area contributed by atoms with Crippen LogP contribution in [0.3, 0.4) is 0 Å². The third kappa shape index (κ3) is 3.36. The monoisotopic (exact) mass is 309 g/mol. The lowest BCUT2D eigenvalue weighted by molar-refractivity contribution is -0.116. The number of pyridine rings is 1. The second kappa shape index (κ2) is 6.82. The standard InChI is InChI=1S/C19H23N3O/c1-3-4-9-19(23)21-18-11-10-16(13-20-18)22-14(2)12-15-7-5-6-8-17(15)22/h5-8,10-11,13-14H,3-4,9,12H2,1-2H3,(H,20,21,23). The summed E-state index contributed by atoms with van der Waals surface area (Å²) in [6, 6.07) is 12.8. The summed E-state index contributed by atoms with van der Waals surface area (Å²) in [5, 5.41) is 2.86. The molecule has 0 saturated carbocycles. The highest BCUT2D eigenvalue weighted by molar-refractivity contribution is 5.89. The summed E-state index contributed by atoms with van der Waals surface area (Å²) in [5.41, 5.74) is 3.69. The number of aromatic nitrogens is 1. The SMILES string of the molecule is CCCCC(=O)Nc1ccc(N2c3ccccc3CC2C)cn1. The van der Waals surface area contributed by atoms with Crippen molar-refractivity contribution in [3.63, 3.8) is 0 Å². The number of anilines is 3. The van der Waals surface area contributed by atoms with Gasteiger partial charge < -0.3 is 10.2 Å². The topological polar surface area (TPSA) is 45.2 Å². The number of unbranched alkanes of at least 4 members (excludes halogenated alkanes) is 1. The van der Waals surface area contributed by atoms with Gasteiger partial charge in [0.2, 0.25) is 5.91 Å². The normalized spacial score (nSPS) is 16.3. The zero-order valence-electron chi connectivity index (χ0n) is 13.7. The predicted molar refractivity (Wildman–Crippen MR) is 94.1 cm³/mol. The van der Waals surface area contributed by atoms with Crippen LogP contribution in [0.25, 0.3) is 0 Å². The molecule has 0 bridgehead atoms. The van der Waals surface area contributed by atoms with Gasteiger partial charge in [-0.1, -0.05) is 31.5 Å². The quantitative estimate of drug-likeness (QED) is 0.896. The van der Waals surface area contributed by atoms with Gasteiger partial charge in [-0.15, -0.1) is 0 Å². The summed E-state index contributed by atoms with van der Waals surface area (Å²) < 4.78 is 0. The maximum Gasteiger partial charge on any atom is 0.225 e. The van der Waals surface area contributed by atoms with Crippen LogP contribution in [0.15, 0.2) is 42.6 Å². The van der Waals surface area contributed by atoms with E-state index in [9.17, 15) is 4.79 Å². The largest absolute Gasteiger partial charge is 0.337 e. The Labute approximate surface area is 137 Å². The van der Waals surface area contributed by atoms with Crippen molar-refractivity contribution >= 4 is 23.1 Å². The van der Waals surface area contributed by atoms with Crippen molar-refractivity contribution in [3.05, 3.63) is 48.2 Å². The summed E-state index contributed by atoms with van der Waals surface area (Å²) in [6.07, 6.45) is 5.37. The minimum atomic E-state index is 0.0342. The molecule has 2 aromatic rings. The summed E-state index contributed by atoms with van der Waals surface area (Å²) in [4.78, 5) is 18.5. The van der Waals surface area contributed by atoms with Gasteiger partial charge in [-0.3, -0.25) is 4.79 Å². The molecule has 3 rings (SSSR count). The molecule has 120 valence electrons. The lowest BCUT2D eigenvalue weighted by Crippen LogP contribution is -2.24. The summed E-state index contributed by atoms with van der Waals surface area (Å²) in [5.74, 6) is 0.655. The van der Waals surface area contributed by atoms with Gasteiger partial charge in [0.1, 0.15) is 5.82 Å². The number of carbonyl (C=O) groups is 1. The van der Waals surface area contributed by atoms with E-state index >= 15 is 0 Å². The van der Waals surface area contributed by atoms with Crippen LogP contribution in [0.1, 0.15) is 38.7 Å². The molecule has 1 aromatic carbocycles. The maximum atomic E-state index is 11.8. The van der Waals surface area contributed by atoms with E-state index < -0.39 is 0 Å². The van der Waals surface area contributed by atoms with Gasteiger partial charge >= 0.3 is 0 Å². The van der Waals surface area contributed by atoms with E-state index in [4.69, 9.17) is 0 Å². The van der Waals surface area contributed by atoms with Crippen molar-refractivity contribution in [2.75, 3.05) is 10.2 Å². The Kier molecular flexibility index (Phi) is 4.60. The van der Waals surface area contributed by atoms with Crippen LogP contribution in [0.2, 0.25) is 0 Å². The fourth-order valence-electron chi connectivity index (χ4n) is 3.10. The van der Waals surface area contributed by atoms with Gasteiger partial charge in [0, 0.05) is 18.2 Å². The van der Waals surface area contributed by atoms with Crippen LogP contribution in [0.4, 0.5) is 17.2 Å². The molecule has 2 heterocycles. The maximum absolute atomic E-state index is 11.8. The van der Waals surface area contributed by atoms with E-state index in [1.165, 1.54) is 11.3 Å². The van der Waals surface area contributed by atoms with E-state index in [0.29, 0.717) is 18.3 Å². The van der Waals surface area contributed by atoms with E-state index in [1.54, 1.807) is 0 Å². The Hall–Kier alpha value is -2.36. The Morgan fingerprint density at radius 3 is 2.87 bits per heavy atom. The number of fused-ring (bicyclic) bond motifs is 1. The van der Waals surface area contributed by atoms with Crippen LogP contribution < -0.4 is 10.2 Å². The Morgan fingerprint density at radius 2 is 2.13 bits per heavy atom. The molecular weight excluding hydrogens is 286 g/mol. The Bertz CT molecular complexity index is 681. The second-order valence-electron chi connectivity index (χ2n) is 6.11. The Morgan fingerprint density at radius 1 is 1.30 bits per heavy atom. The molecule has 4 nitrogen and oxygen atoms in total. The molecule has 1 N–H and O–H groups in total. The minimum absolute atomic E-state index is 0.0342. The van der Waals surface area contributed by atoms with Crippen LogP contribution in [-0.2, 0) is 11.2 Å². The van der Waals surface area contributed by atoms with Gasteiger partial charge in [-0.05, 0) is 43.5 Å². The molecule has 0 spiro atoms. The number of amides is 1. The van der Waals surface area contributed by atoms with Gasteiger partial charge in [-0.2, -0.15) is 0 Å². The summed E-state index contributed by atoms with van der Waals surface area (Å²) in [6.45, 7) is 4.30. The first-order valence-corrected chi connectivity index (χ1v) is 8.32. The van der Waals surface area contributed by atoms with E-state index in [-0.39, 0.29) is 5.91 Å². The first-order valence-electron chi connectivity index (χ1n) is 8.32. The molecule has 0 saturated heterocycles. The van der Waals surface area contributed by atoms with Crippen molar-refractivity contribution < 1.29 is 4.79 Å². The molecular formula is C19H23N3O. The van der Waals surface area contributed by atoms with Gasteiger partial charge in [0.15, 0.2) is 0 Å². The Balaban J connectivity index is 1.74. The first-order chi connectivity index (χ1) is 11.2. The van der Waals surface area contributed by atoms with Crippen molar-refractivity contribution in [2.45, 2.75) is 45.6 Å². The third-order valence-corrected chi connectivity index (χ3v) is 4.26. The molecule has 1 atom stereocenters. The number of nitrogens with one attached hydrogen (secondary N) is 1. The molecule has 1 aliphatic rings. The fourth-order valence-corrected chi connectivity index (χ4v) is 3.10. The van der Waals surface area contributed by atoms with Crippen molar-refractivity contribution in [2.24, 2.45) is 0 Å². The van der Waals surface area contributed by atoms with Crippen LogP contribution in [-0.4, -0.2) is 16.9 Å². The van der Waals surface area contributed by atoms with Gasteiger partial charge in [0.25, 0.3) is 0 Å². The lowest BCUT2D eigenvalue weighted by Gasteiger charge is -2.24. The molecule has 1 aromatic heterocycles. The van der Waals surface area contributed by atoms with Gasteiger partial charge in [0.05, 0.1) is 11.9 Å². The number of carbonyl (C=O) groups excluding carboxylic acids is 1. The summed E-state index contributed by atoms with van der Waals surface area (Å²) >= 11 is 0. The highest BCUT2D eigenvalue weighted by Crippen LogP contribution is 2.37. The zero-order valence-corrected chi connectivity index (χ0v) is 13.7. The number of para-hydroxylation sites is 1. The predicted octanol–water partition coefficient (Wildman–Crippen LogP) is 4.29. The molecule has 0 radical (unpaired) electrons. The number of hydrogen-bond donors (Lipinski definition) is 1. The molecule has 0 aliphatic carbocycles. The summed E-state index contributed by atoms with van der Waals surface area (Å²) in [7, 11) is 0. The van der Waals surface area contributed by atoms with Crippen LogP contribution in [0.5, 0.6) is 0 Å². The number of hydrogen-bond acceptors (Lipinski definition) is 3. The fraction of sp³-hybridized carbons (Fsp3) is 0.368. The van der Waals surface area contributed by atoms with E-state index in [1.807, 2.05) is 18.3 Å². The number of nitrogens with zero attached hydrogens (tertiary/aromatic N) is 2. The lowest BCUT2D eigenvalue weighted by atomic mass is 10.1. The number of rotatable bonds is 5. The molecule has 1 amide bonds. The van der Waals surface area contributed by atoms with Crippen LogP contribution in [0, 0.1) is 0 Å².